The van der Waals surface area contributed by atoms with E-state index in [1.165, 1.54) is 18.2 Å². The second-order valence-electron chi connectivity index (χ2n) is 5.39. The van der Waals surface area contributed by atoms with E-state index in [9.17, 15) is 18.0 Å². The van der Waals surface area contributed by atoms with Crippen LogP contribution in [0.4, 0.5) is 13.2 Å². The number of hydrogen-bond donors (Lipinski definition) is 2. The van der Waals surface area contributed by atoms with Gasteiger partial charge in [-0.1, -0.05) is 42.5 Å². The Morgan fingerprint density at radius 1 is 0.923 bits per heavy atom. The van der Waals surface area contributed by atoms with Crippen molar-refractivity contribution in [1.82, 2.24) is 15.4 Å². The van der Waals surface area contributed by atoms with Gasteiger partial charge in [0.25, 0.3) is 0 Å². The number of alkyl halides is 3. The number of halogens is 3. The first-order valence-electron chi connectivity index (χ1n) is 7.44. The second kappa shape index (κ2) is 6.83. The molecule has 0 unspecified atom stereocenters. The summed E-state index contributed by atoms with van der Waals surface area (Å²) >= 11 is 0. The number of carboxylic acids is 1. The Bertz CT molecular complexity index is 943. The van der Waals surface area contributed by atoms with Crippen molar-refractivity contribution in [1.29, 1.82) is 0 Å². The van der Waals surface area contributed by atoms with Crippen LogP contribution in [0, 0.1) is 0 Å². The summed E-state index contributed by atoms with van der Waals surface area (Å²) in [5.41, 5.74) is 1.54. The summed E-state index contributed by atoms with van der Waals surface area (Å²) in [4.78, 5) is 11.0. The van der Waals surface area contributed by atoms with E-state index < -0.39 is 17.7 Å². The minimum atomic E-state index is -4.36. The average molecular weight is 359 g/mol. The van der Waals surface area contributed by atoms with Crippen molar-refractivity contribution in [3.63, 3.8) is 0 Å². The zero-order valence-electron chi connectivity index (χ0n) is 13.2. The van der Waals surface area contributed by atoms with Crippen molar-refractivity contribution >= 4 is 18.1 Å². The van der Waals surface area contributed by atoms with Gasteiger partial charge in [0, 0.05) is 0 Å². The molecule has 26 heavy (non-hydrogen) atoms. The molecular weight excluding hydrogens is 347 g/mol. The molecule has 0 atom stereocenters. The molecule has 1 heterocycles. The van der Waals surface area contributed by atoms with Gasteiger partial charge in [0.1, 0.15) is 5.69 Å². The Hall–Kier alpha value is -3.42. The van der Waals surface area contributed by atoms with Gasteiger partial charge in [-0.2, -0.15) is 23.5 Å². The number of H-pyrrole nitrogens is 1. The van der Waals surface area contributed by atoms with Crippen molar-refractivity contribution in [2.75, 3.05) is 0 Å². The quantitative estimate of drug-likeness (QED) is 0.725. The van der Waals surface area contributed by atoms with E-state index in [0.717, 1.165) is 23.3 Å². The predicted molar refractivity (Wildman–Crippen MR) is 89.1 cm³/mol. The zero-order valence-corrected chi connectivity index (χ0v) is 13.2. The number of nitrogens with one attached hydrogen (secondary N) is 1. The van der Waals surface area contributed by atoms with E-state index in [2.05, 4.69) is 15.4 Å². The lowest BCUT2D eigenvalue weighted by Gasteiger charge is -2.08. The van der Waals surface area contributed by atoms with Crippen molar-refractivity contribution < 1.29 is 23.1 Å². The predicted octanol–water partition coefficient (Wildman–Crippen LogP) is 4.36. The van der Waals surface area contributed by atoms with Gasteiger partial charge in [0.15, 0.2) is 5.69 Å². The fourth-order valence-electron chi connectivity index (χ4n) is 2.33. The third-order valence-electron chi connectivity index (χ3n) is 3.67. The fraction of sp³-hybridized carbons (Fsp3) is 0.0556. The summed E-state index contributed by atoms with van der Waals surface area (Å²) in [6.45, 7) is 0. The van der Waals surface area contributed by atoms with Crippen LogP contribution in [0.25, 0.3) is 23.3 Å². The second-order valence-corrected chi connectivity index (χ2v) is 5.39. The molecule has 0 saturated carbocycles. The maximum Gasteiger partial charge on any atom is 0.416 e. The Kier molecular flexibility index (Phi) is 4.57. The first kappa shape index (κ1) is 17.4. The van der Waals surface area contributed by atoms with Gasteiger partial charge in [-0.3, -0.25) is 0 Å². The van der Waals surface area contributed by atoms with Gasteiger partial charge in [0.2, 0.25) is 0 Å². The van der Waals surface area contributed by atoms with Gasteiger partial charge in [0.05, 0.1) is 5.56 Å². The zero-order chi connectivity index (χ0) is 18.7. The number of hydrogen-bond acceptors (Lipinski definition) is 3. The summed E-state index contributed by atoms with van der Waals surface area (Å²) in [5.74, 6) is -1.18. The number of carbonyl (C=O) groups is 1. The standard InChI is InChI=1S/C18H12F3N3O2/c19-18(20,21)14-8-6-13(7-9-14)12-4-1-11(2-5-12)3-10-15-16(17(25)26)23-24-22-15/h1-10H,(H,25,26)(H,22,23,24)/b10-3+. The number of benzene rings is 2. The highest BCUT2D eigenvalue weighted by molar-refractivity contribution is 5.90. The Balaban J connectivity index is 1.77. The number of carboxylic acid groups (broad SMARTS) is 1. The number of aromatic carboxylic acids is 1. The summed E-state index contributed by atoms with van der Waals surface area (Å²) in [7, 11) is 0. The van der Waals surface area contributed by atoms with Crippen LogP contribution >= 0.6 is 0 Å². The summed E-state index contributed by atoms with van der Waals surface area (Å²) < 4.78 is 37.8. The Morgan fingerprint density at radius 3 is 2.04 bits per heavy atom. The lowest BCUT2D eigenvalue weighted by atomic mass is 10.0. The van der Waals surface area contributed by atoms with E-state index in [-0.39, 0.29) is 11.4 Å². The minimum Gasteiger partial charge on any atom is -0.476 e. The highest BCUT2D eigenvalue weighted by Gasteiger charge is 2.29. The molecule has 0 spiro atoms. The van der Waals surface area contributed by atoms with Crippen molar-refractivity contribution in [3.8, 4) is 11.1 Å². The first-order valence-corrected chi connectivity index (χ1v) is 7.44. The number of aromatic nitrogens is 3. The molecule has 2 N–H and O–H groups in total. The van der Waals surface area contributed by atoms with Gasteiger partial charge in [-0.25, -0.2) is 4.79 Å². The van der Waals surface area contributed by atoms with Crippen LogP contribution < -0.4 is 0 Å². The van der Waals surface area contributed by atoms with E-state index in [4.69, 9.17) is 5.11 Å². The fourth-order valence-corrected chi connectivity index (χ4v) is 2.33. The van der Waals surface area contributed by atoms with Gasteiger partial charge < -0.3 is 5.11 Å². The minimum absolute atomic E-state index is 0.178. The molecule has 0 amide bonds. The molecule has 0 bridgehead atoms. The van der Waals surface area contributed by atoms with Crippen molar-refractivity contribution in [3.05, 3.63) is 71.0 Å². The number of rotatable bonds is 4. The van der Waals surface area contributed by atoms with Crippen LogP contribution in [-0.2, 0) is 6.18 Å². The highest BCUT2D eigenvalue weighted by Crippen LogP contribution is 2.31. The van der Waals surface area contributed by atoms with E-state index >= 15 is 0 Å². The molecule has 0 fully saturated rings. The van der Waals surface area contributed by atoms with Crippen LogP contribution in [0.2, 0.25) is 0 Å². The molecule has 132 valence electrons. The largest absolute Gasteiger partial charge is 0.476 e. The molecule has 3 aromatic rings. The average Bonchev–Trinajstić information content (AvgIpc) is 3.09. The molecule has 0 saturated heterocycles. The number of nitrogens with zero attached hydrogens (tertiary/aromatic N) is 2. The normalized spacial score (nSPS) is 11.8. The van der Waals surface area contributed by atoms with Gasteiger partial charge in [-0.05, 0) is 34.9 Å². The SMILES string of the molecule is O=C(O)c1n[nH]nc1/C=C/c1ccc(-c2ccc(C(F)(F)F)cc2)cc1. The van der Waals surface area contributed by atoms with E-state index in [1.54, 1.807) is 30.3 Å². The Morgan fingerprint density at radius 2 is 1.50 bits per heavy atom. The highest BCUT2D eigenvalue weighted by atomic mass is 19.4. The maximum absolute atomic E-state index is 12.6. The lowest BCUT2D eigenvalue weighted by molar-refractivity contribution is -0.137. The first-order chi connectivity index (χ1) is 12.3. The van der Waals surface area contributed by atoms with Crippen LogP contribution in [0.1, 0.15) is 27.3 Å². The molecule has 5 nitrogen and oxygen atoms in total. The smallest absolute Gasteiger partial charge is 0.416 e. The molecule has 3 rings (SSSR count). The number of aromatic amines is 1. The third-order valence-corrected chi connectivity index (χ3v) is 3.67. The van der Waals surface area contributed by atoms with Crippen LogP contribution in [0.15, 0.2) is 48.5 Å². The summed E-state index contributed by atoms with van der Waals surface area (Å²) in [5, 5.41) is 18.5. The molecule has 8 heteroatoms. The maximum atomic E-state index is 12.6. The molecule has 1 aromatic heterocycles. The molecule has 0 aliphatic heterocycles. The Labute approximate surface area is 145 Å². The third kappa shape index (κ3) is 3.80. The van der Waals surface area contributed by atoms with Crippen LogP contribution in [0.5, 0.6) is 0 Å². The van der Waals surface area contributed by atoms with E-state index in [1.807, 2.05) is 0 Å². The van der Waals surface area contributed by atoms with Crippen molar-refractivity contribution in [2.45, 2.75) is 6.18 Å². The summed E-state index contributed by atoms with van der Waals surface area (Å²) in [6, 6.07) is 12.0. The van der Waals surface area contributed by atoms with Gasteiger partial charge in [-0.15, -0.1) is 5.10 Å². The van der Waals surface area contributed by atoms with Crippen molar-refractivity contribution in [2.24, 2.45) is 0 Å². The monoisotopic (exact) mass is 359 g/mol. The molecular formula is C18H12F3N3O2. The molecule has 0 radical (unpaired) electrons. The van der Waals surface area contributed by atoms with Gasteiger partial charge >= 0.3 is 12.1 Å². The molecule has 2 aromatic carbocycles. The van der Waals surface area contributed by atoms with E-state index in [0.29, 0.717) is 5.56 Å². The topological polar surface area (TPSA) is 78.9 Å². The summed E-state index contributed by atoms with van der Waals surface area (Å²) in [6.07, 6.45) is -1.18. The lowest BCUT2D eigenvalue weighted by Crippen LogP contribution is -2.03. The van der Waals surface area contributed by atoms with Crippen LogP contribution in [-0.4, -0.2) is 26.5 Å². The molecule has 0 aliphatic rings. The van der Waals surface area contributed by atoms with Crippen LogP contribution in [0.3, 0.4) is 0 Å². The molecule has 0 aliphatic carbocycles.